The second-order valence-electron chi connectivity index (χ2n) is 7.39. The molecule has 0 saturated carbocycles. The van der Waals surface area contributed by atoms with Crippen molar-refractivity contribution >= 4 is 45.3 Å². The summed E-state index contributed by atoms with van der Waals surface area (Å²) in [6.07, 6.45) is -0.0991. The van der Waals surface area contributed by atoms with Gasteiger partial charge >= 0.3 is 5.97 Å². The van der Waals surface area contributed by atoms with Gasteiger partial charge in [-0.1, -0.05) is 22.0 Å². The highest BCUT2D eigenvalue weighted by molar-refractivity contribution is 9.10. The fourth-order valence-corrected chi connectivity index (χ4v) is 3.52. The third-order valence-electron chi connectivity index (χ3n) is 4.65. The monoisotopic (exact) mass is 487 g/mol. The number of hydrogen-bond acceptors (Lipinski definition) is 5. The summed E-state index contributed by atoms with van der Waals surface area (Å²) in [5, 5.41) is 3.78. The first-order valence-corrected chi connectivity index (χ1v) is 10.4. The fraction of sp³-hybridized carbons (Fsp3) is 0.273. The molecule has 162 valence electrons. The molecular formula is C22H22BrN3O5. The van der Waals surface area contributed by atoms with E-state index in [-0.39, 0.29) is 13.0 Å². The first-order chi connectivity index (χ1) is 14.7. The molecule has 0 radical (unpaired) electrons. The van der Waals surface area contributed by atoms with Gasteiger partial charge in [-0.3, -0.25) is 29.6 Å². The third kappa shape index (κ3) is 6.14. The normalized spacial score (nSPS) is 15.5. The zero-order chi connectivity index (χ0) is 22.5. The van der Waals surface area contributed by atoms with Crippen LogP contribution in [0, 0.1) is 19.8 Å². The molecule has 0 aliphatic carbocycles. The van der Waals surface area contributed by atoms with Gasteiger partial charge in [0.05, 0.1) is 12.5 Å². The van der Waals surface area contributed by atoms with Gasteiger partial charge < -0.3 is 10.1 Å². The molecule has 3 amide bonds. The first kappa shape index (κ1) is 22.5. The molecule has 0 aromatic heterocycles. The number of amides is 3. The van der Waals surface area contributed by atoms with Gasteiger partial charge in [0.1, 0.15) is 0 Å². The number of nitrogens with zero attached hydrogens (tertiary/aromatic N) is 1. The molecule has 1 aliphatic heterocycles. The van der Waals surface area contributed by atoms with E-state index in [1.54, 1.807) is 24.3 Å². The summed E-state index contributed by atoms with van der Waals surface area (Å²) in [4.78, 5) is 48.8. The smallest absolute Gasteiger partial charge is 0.311 e. The van der Waals surface area contributed by atoms with Crippen molar-refractivity contribution in [1.29, 1.82) is 0 Å². The molecule has 1 aliphatic rings. The molecule has 1 atom stereocenters. The van der Waals surface area contributed by atoms with Crippen LogP contribution in [0.4, 0.5) is 5.69 Å². The van der Waals surface area contributed by atoms with Crippen LogP contribution in [0.3, 0.4) is 0 Å². The van der Waals surface area contributed by atoms with Crippen molar-refractivity contribution in [3.05, 3.63) is 63.6 Å². The van der Waals surface area contributed by atoms with Crippen molar-refractivity contribution in [3.63, 3.8) is 0 Å². The van der Waals surface area contributed by atoms with Gasteiger partial charge in [-0.2, -0.15) is 0 Å². The summed E-state index contributed by atoms with van der Waals surface area (Å²) in [6.45, 7) is 3.36. The lowest BCUT2D eigenvalue weighted by molar-refractivity contribution is -0.151. The molecule has 0 unspecified atom stereocenters. The van der Waals surface area contributed by atoms with E-state index in [1.807, 2.05) is 32.0 Å². The highest BCUT2D eigenvalue weighted by Gasteiger charge is 2.36. The number of hydrazine groups is 1. The highest BCUT2D eigenvalue weighted by atomic mass is 79.9. The van der Waals surface area contributed by atoms with Crippen LogP contribution in [0.1, 0.15) is 27.9 Å². The van der Waals surface area contributed by atoms with Crippen molar-refractivity contribution in [2.24, 2.45) is 5.92 Å². The zero-order valence-corrected chi connectivity index (χ0v) is 18.7. The summed E-state index contributed by atoms with van der Waals surface area (Å²) >= 11 is 3.29. The lowest BCUT2D eigenvalue weighted by Crippen LogP contribution is -2.43. The predicted octanol–water partition coefficient (Wildman–Crippen LogP) is 2.74. The maximum atomic E-state index is 12.3. The molecular weight excluding hydrogens is 466 g/mol. The highest BCUT2D eigenvalue weighted by Crippen LogP contribution is 2.19. The van der Waals surface area contributed by atoms with E-state index in [1.165, 1.54) is 0 Å². The molecule has 0 bridgehead atoms. The van der Waals surface area contributed by atoms with Crippen LogP contribution in [-0.4, -0.2) is 41.9 Å². The van der Waals surface area contributed by atoms with E-state index < -0.39 is 36.2 Å². The number of anilines is 1. The van der Waals surface area contributed by atoms with Crippen LogP contribution in [0.2, 0.25) is 0 Å². The minimum atomic E-state index is -0.758. The van der Waals surface area contributed by atoms with E-state index >= 15 is 0 Å². The van der Waals surface area contributed by atoms with Crippen molar-refractivity contribution in [2.75, 3.05) is 18.5 Å². The maximum absolute atomic E-state index is 12.3. The van der Waals surface area contributed by atoms with Gasteiger partial charge in [0, 0.05) is 22.1 Å². The Morgan fingerprint density at radius 3 is 2.39 bits per heavy atom. The Hall–Kier alpha value is -3.20. The quantitative estimate of drug-likeness (QED) is 0.609. The van der Waals surface area contributed by atoms with Crippen LogP contribution in [0.5, 0.6) is 0 Å². The van der Waals surface area contributed by atoms with Gasteiger partial charge in [-0.05, 0) is 61.4 Å². The van der Waals surface area contributed by atoms with Gasteiger partial charge in [-0.25, -0.2) is 0 Å². The van der Waals surface area contributed by atoms with Crippen LogP contribution >= 0.6 is 15.9 Å². The van der Waals surface area contributed by atoms with Crippen LogP contribution in [0.25, 0.3) is 0 Å². The summed E-state index contributed by atoms with van der Waals surface area (Å²) in [7, 11) is 0. The number of aryl methyl sites for hydroxylation is 2. The Morgan fingerprint density at radius 1 is 1.10 bits per heavy atom. The zero-order valence-electron chi connectivity index (χ0n) is 17.1. The van der Waals surface area contributed by atoms with Gasteiger partial charge in [-0.15, -0.1) is 0 Å². The summed E-state index contributed by atoms with van der Waals surface area (Å²) in [6, 6.07) is 12.3. The van der Waals surface area contributed by atoms with Crippen molar-refractivity contribution in [2.45, 2.75) is 20.3 Å². The predicted molar refractivity (Wildman–Crippen MR) is 117 cm³/mol. The molecule has 1 heterocycles. The average molecular weight is 488 g/mol. The van der Waals surface area contributed by atoms with Crippen molar-refractivity contribution in [3.8, 4) is 0 Å². The Morgan fingerprint density at radius 2 is 1.74 bits per heavy atom. The second-order valence-corrected chi connectivity index (χ2v) is 8.30. The molecule has 8 nitrogen and oxygen atoms in total. The summed E-state index contributed by atoms with van der Waals surface area (Å²) < 4.78 is 5.90. The van der Waals surface area contributed by atoms with E-state index in [0.717, 1.165) is 20.6 Å². The molecule has 1 fully saturated rings. The number of ether oxygens (including phenoxy) is 1. The Labute approximate surface area is 188 Å². The standard InChI is InChI=1S/C22H22BrN3O5/c1-13-7-14(2)9-18(8-13)24-19(27)12-31-22(30)16-10-20(28)26(11-16)25-21(29)15-3-5-17(23)6-4-15/h3-9,16H,10-12H2,1-2H3,(H,24,27)(H,25,29)/t16-/m0/s1. The Kier molecular flexibility index (Phi) is 7.06. The second kappa shape index (κ2) is 9.74. The number of rotatable bonds is 6. The SMILES string of the molecule is Cc1cc(C)cc(NC(=O)COC(=O)[C@H]2CC(=O)N(NC(=O)c3ccc(Br)cc3)C2)c1. The number of halogens is 1. The van der Waals surface area contributed by atoms with Crippen LogP contribution < -0.4 is 10.7 Å². The minimum Gasteiger partial charge on any atom is -0.455 e. The van der Waals surface area contributed by atoms with E-state index in [4.69, 9.17) is 4.74 Å². The number of esters is 1. The van der Waals surface area contributed by atoms with Crippen molar-refractivity contribution < 1.29 is 23.9 Å². The number of carbonyl (C=O) groups excluding carboxylic acids is 4. The van der Waals surface area contributed by atoms with E-state index in [0.29, 0.717) is 11.3 Å². The Balaban J connectivity index is 1.48. The van der Waals surface area contributed by atoms with Gasteiger partial charge in [0.2, 0.25) is 5.91 Å². The molecule has 2 aromatic carbocycles. The fourth-order valence-electron chi connectivity index (χ4n) is 3.26. The molecule has 2 aromatic rings. The van der Waals surface area contributed by atoms with Crippen LogP contribution in [-0.2, 0) is 19.1 Å². The number of nitrogens with one attached hydrogen (secondary N) is 2. The number of benzene rings is 2. The molecule has 3 rings (SSSR count). The third-order valence-corrected chi connectivity index (χ3v) is 5.18. The molecule has 31 heavy (non-hydrogen) atoms. The largest absolute Gasteiger partial charge is 0.455 e. The minimum absolute atomic E-state index is 0.0152. The van der Waals surface area contributed by atoms with E-state index in [2.05, 4.69) is 26.7 Å². The van der Waals surface area contributed by atoms with E-state index in [9.17, 15) is 19.2 Å². The summed E-state index contributed by atoms with van der Waals surface area (Å²) in [5.74, 6) is -2.74. The molecule has 9 heteroatoms. The van der Waals surface area contributed by atoms with Gasteiger partial charge in [0.25, 0.3) is 11.8 Å². The lowest BCUT2D eigenvalue weighted by Gasteiger charge is -2.17. The lowest BCUT2D eigenvalue weighted by atomic mass is 10.1. The molecule has 2 N–H and O–H groups in total. The van der Waals surface area contributed by atoms with Crippen LogP contribution in [0.15, 0.2) is 46.9 Å². The first-order valence-electron chi connectivity index (χ1n) is 9.63. The van der Waals surface area contributed by atoms with Gasteiger partial charge in [0.15, 0.2) is 6.61 Å². The molecule has 1 saturated heterocycles. The molecule has 0 spiro atoms. The topological polar surface area (TPSA) is 105 Å². The number of hydrogen-bond donors (Lipinski definition) is 2. The van der Waals surface area contributed by atoms with Crippen molar-refractivity contribution in [1.82, 2.24) is 10.4 Å². The Bertz CT molecular complexity index is 1000. The maximum Gasteiger partial charge on any atom is 0.311 e. The summed E-state index contributed by atoms with van der Waals surface area (Å²) in [5.41, 5.74) is 5.50. The average Bonchev–Trinajstić information content (AvgIpc) is 3.06. The number of carbonyl (C=O) groups is 4.